The summed E-state index contributed by atoms with van der Waals surface area (Å²) in [4.78, 5) is 0. The van der Waals surface area contributed by atoms with E-state index in [2.05, 4.69) is 0 Å². The summed E-state index contributed by atoms with van der Waals surface area (Å²) in [7, 11) is 0. The van der Waals surface area contributed by atoms with E-state index < -0.39 is 18.7 Å². The van der Waals surface area contributed by atoms with Crippen LogP contribution in [0.2, 0.25) is 0 Å². The molecule has 0 aromatic heterocycles. The lowest BCUT2D eigenvalue weighted by molar-refractivity contribution is -0.166. The largest absolute Gasteiger partial charge is 0.391 e. The van der Waals surface area contributed by atoms with Crippen molar-refractivity contribution in [1.29, 1.82) is 0 Å². The van der Waals surface area contributed by atoms with Crippen molar-refractivity contribution in [2.24, 2.45) is 0 Å². The summed E-state index contributed by atoms with van der Waals surface area (Å²) in [5.74, 6) is 0. The van der Waals surface area contributed by atoms with E-state index in [1.54, 1.807) is 44.2 Å². The van der Waals surface area contributed by atoms with Crippen LogP contribution in [-0.4, -0.2) is 12.3 Å². The molecule has 0 heterocycles. The zero-order valence-corrected chi connectivity index (χ0v) is 9.29. The predicted octanol–water partition coefficient (Wildman–Crippen LogP) is 4.11. The van der Waals surface area contributed by atoms with E-state index in [0.29, 0.717) is 5.56 Å². The van der Waals surface area contributed by atoms with Gasteiger partial charge in [-0.2, -0.15) is 13.2 Å². The van der Waals surface area contributed by atoms with Crippen LogP contribution in [0.15, 0.2) is 30.3 Å². The minimum Gasteiger partial charge on any atom is -0.371 e. The number of hydrogen-bond acceptors (Lipinski definition) is 1. The molecule has 90 valence electrons. The van der Waals surface area contributed by atoms with Crippen molar-refractivity contribution >= 4 is 0 Å². The summed E-state index contributed by atoms with van der Waals surface area (Å²) in [6.07, 6.45) is -6.31. The molecule has 1 atom stereocenters. The van der Waals surface area contributed by atoms with E-state index in [0.717, 1.165) is 0 Å². The molecular formula is C12H15F3O. The summed E-state index contributed by atoms with van der Waals surface area (Å²) in [5, 5.41) is 0. The number of rotatable bonds is 4. The topological polar surface area (TPSA) is 9.23 Å². The van der Waals surface area contributed by atoms with Crippen molar-refractivity contribution in [2.75, 3.05) is 0 Å². The monoisotopic (exact) mass is 232 g/mol. The van der Waals surface area contributed by atoms with E-state index in [1.807, 2.05) is 0 Å². The molecule has 0 unspecified atom stereocenters. The fourth-order valence-corrected chi connectivity index (χ4v) is 1.45. The Balaban J connectivity index is 2.80. The highest BCUT2D eigenvalue weighted by Crippen LogP contribution is 2.32. The minimum absolute atomic E-state index is 0.229. The molecule has 0 aliphatic carbocycles. The molecule has 1 aromatic carbocycles. The zero-order valence-electron chi connectivity index (χ0n) is 9.29. The number of ether oxygens (including phenoxy) is 1. The van der Waals surface area contributed by atoms with E-state index in [9.17, 15) is 13.2 Å². The van der Waals surface area contributed by atoms with Gasteiger partial charge in [0, 0.05) is 0 Å². The van der Waals surface area contributed by atoms with Crippen LogP contribution in [0.1, 0.15) is 31.9 Å². The van der Waals surface area contributed by atoms with Crippen LogP contribution in [0.3, 0.4) is 0 Å². The Kier molecular flexibility index (Phi) is 4.35. The number of hydrogen-bond donors (Lipinski definition) is 0. The number of alkyl halides is 3. The first-order valence-electron chi connectivity index (χ1n) is 5.15. The molecule has 0 radical (unpaired) electrons. The van der Waals surface area contributed by atoms with Gasteiger partial charge in [0.05, 0.1) is 18.6 Å². The lowest BCUT2D eigenvalue weighted by atomic mass is 10.1. The van der Waals surface area contributed by atoms with Gasteiger partial charge < -0.3 is 4.74 Å². The normalized spacial score (nSPS) is 14.1. The maximum Gasteiger partial charge on any atom is 0.391 e. The molecule has 0 aliphatic rings. The third-order valence-electron chi connectivity index (χ3n) is 2.02. The Morgan fingerprint density at radius 3 is 2.12 bits per heavy atom. The van der Waals surface area contributed by atoms with Crippen molar-refractivity contribution in [2.45, 2.75) is 38.7 Å². The van der Waals surface area contributed by atoms with E-state index in [4.69, 9.17) is 4.74 Å². The molecule has 0 aliphatic heterocycles. The van der Waals surface area contributed by atoms with Gasteiger partial charge in [0.15, 0.2) is 0 Å². The van der Waals surface area contributed by atoms with Crippen LogP contribution in [0.25, 0.3) is 0 Å². The molecule has 1 aromatic rings. The first-order valence-corrected chi connectivity index (χ1v) is 5.15. The standard InChI is InChI=1S/C12H15F3O/c1-9(2)16-11(8-12(13,14)15)10-6-4-3-5-7-10/h3-7,9,11H,8H2,1-2H3/t11-/m1/s1. The second-order valence-electron chi connectivity index (χ2n) is 3.90. The lowest BCUT2D eigenvalue weighted by Crippen LogP contribution is -2.19. The molecule has 16 heavy (non-hydrogen) atoms. The Morgan fingerprint density at radius 1 is 1.12 bits per heavy atom. The summed E-state index contributed by atoms with van der Waals surface area (Å²) in [6.45, 7) is 3.46. The van der Waals surface area contributed by atoms with Crippen molar-refractivity contribution in [3.63, 3.8) is 0 Å². The van der Waals surface area contributed by atoms with Crippen LogP contribution in [0, 0.1) is 0 Å². The summed E-state index contributed by atoms with van der Waals surface area (Å²) >= 11 is 0. The maximum atomic E-state index is 12.4. The Bertz CT molecular complexity index is 306. The highest BCUT2D eigenvalue weighted by molar-refractivity contribution is 5.17. The molecule has 0 spiro atoms. The molecular weight excluding hydrogens is 217 g/mol. The summed E-state index contributed by atoms with van der Waals surface area (Å²) in [6, 6.07) is 8.49. The van der Waals surface area contributed by atoms with Gasteiger partial charge in [0.25, 0.3) is 0 Å². The molecule has 0 saturated carbocycles. The van der Waals surface area contributed by atoms with Crippen molar-refractivity contribution < 1.29 is 17.9 Å². The smallest absolute Gasteiger partial charge is 0.371 e. The maximum absolute atomic E-state index is 12.4. The van der Waals surface area contributed by atoms with Crippen molar-refractivity contribution in [3.8, 4) is 0 Å². The molecule has 0 fully saturated rings. The van der Waals surface area contributed by atoms with E-state index in [1.165, 1.54) is 0 Å². The molecule has 0 saturated heterocycles. The molecule has 4 heteroatoms. The quantitative estimate of drug-likeness (QED) is 0.759. The zero-order chi connectivity index (χ0) is 12.2. The summed E-state index contributed by atoms with van der Waals surface area (Å²) < 4.78 is 42.4. The Hall–Kier alpha value is -1.03. The highest BCUT2D eigenvalue weighted by atomic mass is 19.4. The number of benzene rings is 1. The molecule has 1 nitrogen and oxygen atoms in total. The van der Waals surface area contributed by atoms with Crippen LogP contribution >= 0.6 is 0 Å². The Labute approximate surface area is 93.2 Å². The summed E-state index contributed by atoms with van der Waals surface area (Å²) in [5.41, 5.74) is 0.563. The number of halogens is 3. The van der Waals surface area contributed by atoms with Gasteiger partial charge in [0.1, 0.15) is 0 Å². The molecule has 0 amide bonds. The second kappa shape index (κ2) is 5.34. The average Bonchev–Trinajstić information content (AvgIpc) is 2.15. The molecule has 0 bridgehead atoms. The van der Waals surface area contributed by atoms with Crippen LogP contribution in [-0.2, 0) is 4.74 Å². The first kappa shape index (κ1) is 13.0. The second-order valence-corrected chi connectivity index (χ2v) is 3.90. The van der Waals surface area contributed by atoms with Gasteiger partial charge in [-0.3, -0.25) is 0 Å². The van der Waals surface area contributed by atoms with Gasteiger partial charge in [-0.15, -0.1) is 0 Å². The fourth-order valence-electron chi connectivity index (χ4n) is 1.45. The predicted molar refractivity (Wildman–Crippen MR) is 56.1 cm³/mol. The van der Waals surface area contributed by atoms with Crippen LogP contribution in [0.4, 0.5) is 13.2 Å². The first-order chi connectivity index (χ1) is 7.38. The van der Waals surface area contributed by atoms with Gasteiger partial charge >= 0.3 is 6.18 Å². The minimum atomic E-state index is -4.21. The van der Waals surface area contributed by atoms with E-state index >= 15 is 0 Å². The lowest BCUT2D eigenvalue weighted by Gasteiger charge is -2.22. The van der Waals surface area contributed by atoms with Gasteiger partial charge in [-0.1, -0.05) is 30.3 Å². The molecule has 0 N–H and O–H groups in total. The Morgan fingerprint density at radius 2 is 1.69 bits per heavy atom. The van der Waals surface area contributed by atoms with Gasteiger partial charge in [-0.05, 0) is 19.4 Å². The fraction of sp³-hybridized carbons (Fsp3) is 0.500. The average molecular weight is 232 g/mol. The van der Waals surface area contributed by atoms with Crippen LogP contribution < -0.4 is 0 Å². The SMILES string of the molecule is CC(C)O[C@H](CC(F)(F)F)c1ccccc1. The highest BCUT2D eigenvalue weighted by Gasteiger charge is 2.33. The van der Waals surface area contributed by atoms with Gasteiger partial charge in [-0.25, -0.2) is 0 Å². The molecule has 1 rings (SSSR count). The van der Waals surface area contributed by atoms with E-state index in [-0.39, 0.29) is 6.10 Å². The van der Waals surface area contributed by atoms with Gasteiger partial charge in [0.2, 0.25) is 0 Å². The van der Waals surface area contributed by atoms with Crippen molar-refractivity contribution in [3.05, 3.63) is 35.9 Å². The third-order valence-corrected chi connectivity index (χ3v) is 2.02. The third kappa shape index (κ3) is 4.66. The van der Waals surface area contributed by atoms with Crippen molar-refractivity contribution in [1.82, 2.24) is 0 Å². The van der Waals surface area contributed by atoms with Crippen LogP contribution in [0.5, 0.6) is 0 Å².